The van der Waals surface area contributed by atoms with Gasteiger partial charge in [0.15, 0.2) is 29.0 Å². The first kappa shape index (κ1) is 25.5. The molecule has 1 aromatic heterocycles. The van der Waals surface area contributed by atoms with Crippen molar-refractivity contribution in [3.05, 3.63) is 75.1 Å². The minimum absolute atomic E-state index is 0.114. The van der Waals surface area contributed by atoms with Crippen LogP contribution in [0.2, 0.25) is 0 Å². The molecular formula is C24H22F3NO7. The molecule has 0 saturated carbocycles. The number of ether oxygens (including phenoxy) is 3. The molecule has 0 bridgehead atoms. The molecule has 1 amide bonds. The third-order valence-electron chi connectivity index (χ3n) is 5.21. The Bertz CT molecular complexity index is 1300. The van der Waals surface area contributed by atoms with Crippen LogP contribution in [-0.2, 0) is 4.79 Å². The third-order valence-corrected chi connectivity index (χ3v) is 5.21. The highest BCUT2D eigenvalue weighted by Gasteiger charge is 2.31. The van der Waals surface area contributed by atoms with Gasteiger partial charge < -0.3 is 29.1 Å². The average Bonchev–Trinajstić information content (AvgIpc) is 2.80. The number of anilines is 1. The van der Waals surface area contributed by atoms with Gasteiger partial charge in [-0.2, -0.15) is 0 Å². The van der Waals surface area contributed by atoms with Crippen LogP contribution in [0, 0.1) is 24.4 Å². The molecule has 8 nitrogen and oxygen atoms in total. The smallest absolute Gasteiger partial charge is 0.343 e. The minimum atomic E-state index is -1.68. The lowest BCUT2D eigenvalue weighted by Crippen LogP contribution is -2.22. The summed E-state index contributed by atoms with van der Waals surface area (Å²) < 4.78 is 61.7. The van der Waals surface area contributed by atoms with E-state index >= 15 is 0 Å². The van der Waals surface area contributed by atoms with Crippen LogP contribution >= 0.6 is 0 Å². The number of halogens is 3. The summed E-state index contributed by atoms with van der Waals surface area (Å²) in [6.07, 6.45) is -0.506. The molecule has 1 atom stereocenters. The van der Waals surface area contributed by atoms with E-state index in [1.54, 1.807) is 0 Å². The van der Waals surface area contributed by atoms with Crippen molar-refractivity contribution >= 4 is 11.6 Å². The first-order chi connectivity index (χ1) is 16.6. The highest BCUT2D eigenvalue weighted by Crippen LogP contribution is 2.46. The number of hydrogen-bond donors (Lipinski definition) is 2. The number of aryl methyl sites for hydroxylation is 1. The molecule has 0 aliphatic rings. The molecule has 3 aromatic rings. The van der Waals surface area contributed by atoms with E-state index in [0.717, 1.165) is 0 Å². The van der Waals surface area contributed by atoms with Gasteiger partial charge in [-0.15, -0.1) is 0 Å². The first-order valence-electron chi connectivity index (χ1n) is 10.2. The molecule has 3 rings (SSSR count). The largest absolute Gasteiger partial charge is 0.507 e. The minimum Gasteiger partial charge on any atom is -0.507 e. The SMILES string of the molecule is COc1ccc([C@@H](CC(=O)Nc2cc(F)c(F)c(F)c2)c2c(O)cc(C)oc2=O)c(OC)c1OC. The molecular weight excluding hydrogens is 471 g/mol. The number of nitrogens with one attached hydrogen (secondary N) is 1. The number of benzene rings is 2. The van der Waals surface area contributed by atoms with Crippen molar-refractivity contribution in [2.45, 2.75) is 19.3 Å². The van der Waals surface area contributed by atoms with E-state index in [0.29, 0.717) is 17.9 Å². The molecule has 11 heteroatoms. The molecule has 0 aliphatic carbocycles. The summed E-state index contributed by atoms with van der Waals surface area (Å²) in [7, 11) is 4.10. The maximum Gasteiger partial charge on any atom is 0.343 e. The summed E-state index contributed by atoms with van der Waals surface area (Å²) in [5, 5.41) is 12.8. The highest BCUT2D eigenvalue weighted by atomic mass is 19.2. The molecule has 1 heterocycles. The lowest BCUT2D eigenvalue weighted by Gasteiger charge is -2.22. The summed E-state index contributed by atoms with van der Waals surface area (Å²) in [6.45, 7) is 1.46. The Morgan fingerprint density at radius 2 is 1.66 bits per heavy atom. The Kier molecular flexibility index (Phi) is 7.58. The van der Waals surface area contributed by atoms with Crippen LogP contribution in [0.5, 0.6) is 23.0 Å². The van der Waals surface area contributed by atoms with E-state index in [1.807, 2.05) is 0 Å². The Morgan fingerprint density at radius 3 is 2.20 bits per heavy atom. The van der Waals surface area contributed by atoms with E-state index in [-0.39, 0.29) is 34.1 Å². The fourth-order valence-electron chi connectivity index (χ4n) is 3.72. The second kappa shape index (κ2) is 10.4. The van der Waals surface area contributed by atoms with Gasteiger partial charge in [0.05, 0.1) is 26.9 Å². The van der Waals surface area contributed by atoms with Crippen molar-refractivity contribution in [3.63, 3.8) is 0 Å². The van der Waals surface area contributed by atoms with Gasteiger partial charge in [0.25, 0.3) is 0 Å². The van der Waals surface area contributed by atoms with Crippen molar-refractivity contribution in [1.82, 2.24) is 0 Å². The van der Waals surface area contributed by atoms with Gasteiger partial charge in [0, 0.05) is 41.8 Å². The standard InChI is InChI=1S/C24H22F3NO7/c1-11-7-17(29)20(24(31)35-11)14(13-5-6-18(32-2)23(34-4)22(13)33-3)10-19(30)28-12-8-15(25)21(27)16(26)9-12/h5-9,14,29H,10H2,1-4H3,(H,28,30)/t14-/m1/s1. The molecule has 0 aliphatic heterocycles. The molecule has 0 spiro atoms. The number of rotatable bonds is 8. The van der Waals surface area contributed by atoms with Crippen LogP contribution in [-0.4, -0.2) is 32.3 Å². The van der Waals surface area contributed by atoms with Gasteiger partial charge in [-0.1, -0.05) is 6.07 Å². The summed E-state index contributed by atoms with van der Waals surface area (Å²) in [5.41, 5.74) is -1.25. The van der Waals surface area contributed by atoms with Gasteiger partial charge in [0.2, 0.25) is 11.7 Å². The fraction of sp³-hybridized carbons (Fsp3) is 0.250. The zero-order valence-corrected chi connectivity index (χ0v) is 19.2. The molecule has 2 N–H and O–H groups in total. The predicted molar refractivity (Wildman–Crippen MR) is 119 cm³/mol. The van der Waals surface area contributed by atoms with Crippen molar-refractivity contribution in [2.75, 3.05) is 26.6 Å². The topological polar surface area (TPSA) is 107 Å². The Hall–Kier alpha value is -4.15. The fourth-order valence-corrected chi connectivity index (χ4v) is 3.72. The Morgan fingerprint density at radius 1 is 1.03 bits per heavy atom. The van der Waals surface area contributed by atoms with Gasteiger partial charge in [-0.3, -0.25) is 4.79 Å². The molecule has 0 saturated heterocycles. The molecule has 186 valence electrons. The van der Waals surface area contributed by atoms with Crippen molar-refractivity contribution in [2.24, 2.45) is 0 Å². The number of carbonyl (C=O) groups is 1. The molecule has 0 radical (unpaired) electrons. The maximum absolute atomic E-state index is 13.6. The zero-order chi connectivity index (χ0) is 25.9. The quantitative estimate of drug-likeness (QED) is 0.452. The summed E-state index contributed by atoms with van der Waals surface area (Å²) in [4.78, 5) is 25.6. The zero-order valence-electron chi connectivity index (χ0n) is 19.2. The number of hydrogen-bond acceptors (Lipinski definition) is 7. The van der Waals surface area contributed by atoms with Crippen LogP contribution in [0.4, 0.5) is 18.9 Å². The number of aromatic hydroxyl groups is 1. The van der Waals surface area contributed by atoms with Gasteiger partial charge in [-0.05, 0) is 13.0 Å². The summed E-state index contributed by atoms with van der Waals surface area (Å²) in [6, 6.07) is 5.45. The number of amides is 1. The second-order valence-electron chi connectivity index (χ2n) is 7.43. The van der Waals surface area contributed by atoms with Crippen molar-refractivity contribution in [3.8, 4) is 23.0 Å². The van der Waals surface area contributed by atoms with Crippen LogP contribution in [0.1, 0.15) is 29.2 Å². The van der Waals surface area contributed by atoms with Crippen LogP contribution in [0.15, 0.2) is 39.5 Å². The van der Waals surface area contributed by atoms with Gasteiger partial charge in [0.1, 0.15) is 11.5 Å². The Balaban J connectivity index is 2.12. The lowest BCUT2D eigenvalue weighted by molar-refractivity contribution is -0.116. The molecule has 2 aromatic carbocycles. The van der Waals surface area contributed by atoms with E-state index in [9.17, 15) is 27.9 Å². The summed E-state index contributed by atoms with van der Waals surface area (Å²) in [5.74, 6) is -6.35. The molecule has 0 fully saturated rings. The van der Waals surface area contributed by atoms with Crippen LogP contribution in [0.25, 0.3) is 0 Å². The second-order valence-corrected chi connectivity index (χ2v) is 7.43. The summed E-state index contributed by atoms with van der Waals surface area (Å²) >= 11 is 0. The monoisotopic (exact) mass is 493 g/mol. The van der Waals surface area contributed by atoms with Gasteiger partial charge in [-0.25, -0.2) is 18.0 Å². The number of methoxy groups -OCH3 is 3. The first-order valence-corrected chi connectivity index (χ1v) is 10.2. The third kappa shape index (κ3) is 5.18. The normalized spacial score (nSPS) is 11.6. The van der Waals surface area contributed by atoms with Crippen molar-refractivity contribution in [1.29, 1.82) is 0 Å². The number of carbonyl (C=O) groups excluding carboxylic acids is 1. The maximum atomic E-state index is 13.6. The van der Waals surface area contributed by atoms with Gasteiger partial charge >= 0.3 is 5.63 Å². The Labute approximate surface area is 197 Å². The molecule has 0 unspecified atom stereocenters. The predicted octanol–water partition coefficient (Wildman–Crippen LogP) is 4.26. The lowest BCUT2D eigenvalue weighted by atomic mass is 9.87. The highest BCUT2D eigenvalue weighted by molar-refractivity contribution is 5.91. The van der Waals surface area contributed by atoms with E-state index in [4.69, 9.17) is 18.6 Å². The van der Waals surface area contributed by atoms with Crippen LogP contribution in [0.3, 0.4) is 0 Å². The van der Waals surface area contributed by atoms with E-state index in [2.05, 4.69) is 5.32 Å². The molecule has 35 heavy (non-hydrogen) atoms. The van der Waals surface area contributed by atoms with Crippen molar-refractivity contribution < 1.29 is 41.7 Å². The van der Waals surface area contributed by atoms with Crippen LogP contribution < -0.4 is 25.2 Å². The van der Waals surface area contributed by atoms with E-state index in [1.165, 1.54) is 46.5 Å². The average molecular weight is 493 g/mol. The van der Waals surface area contributed by atoms with E-state index < -0.39 is 47.1 Å².